The maximum absolute atomic E-state index is 12.1. The number of carbonyl (C=O) groups excluding carboxylic acids is 1. The van der Waals surface area contributed by atoms with Crippen molar-refractivity contribution in [2.75, 3.05) is 12.4 Å². The molecule has 1 aromatic carbocycles. The number of nitrogens with one attached hydrogen (secondary N) is 2. The van der Waals surface area contributed by atoms with E-state index in [1.54, 1.807) is 19.5 Å². The third kappa shape index (κ3) is 3.88. The number of aromatic nitrogens is 3. The van der Waals surface area contributed by atoms with Gasteiger partial charge in [-0.15, -0.1) is 0 Å². The van der Waals surface area contributed by atoms with Crippen LogP contribution in [0.25, 0.3) is 11.0 Å². The van der Waals surface area contributed by atoms with Crippen LogP contribution in [-0.2, 0) is 6.54 Å². The van der Waals surface area contributed by atoms with Crippen LogP contribution in [0, 0.1) is 0 Å². The van der Waals surface area contributed by atoms with Crippen molar-refractivity contribution in [3.05, 3.63) is 48.3 Å². The number of amides is 2. The number of nitrogens with zero attached hydrogens (tertiary/aromatic N) is 3. The Hall–Kier alpha value is -3.09. The maximum Gasteiger partial charge on any atom is 0.319 e. The monoisotopic (exact) mass is 339 g/mol. The van der Waals surface area contributed by atoms with Gasteiger partial charge < -0.3 is 15.4 Å². The van der Waals surface area contributed by atoms with Gasteiger partial charge in [0.25, 0.3) is 0 Å². The number of fused-ring (bicyclic) bond motifs is 1. The fourth-order valence-corrected chi connectivity index (χ4v) is 2.53. The predicted molar refractivity (Wildman–Crippen MR) is 96.8 cm³/mol. The normalized spacial score (nSPS) is 10.9. The number of benzene rings is 1. The number of urea groups is 1. The molecule has 0 aliphatic carbocycles. The summed E-state index contributed by atoms with van der Waals surface area (Å²) in [6, 6.07) is 9.36. The SMILES string of the molecule is COc1cccc(CNC(=O)Nc2cnc3c(cnn3C(C)C)c2)c1. The minimum Gasteiger partial charge on any atom is -0.497 e. The van der Waals surface area contributed by atoms with E-state index in [0.29, 0.717) is 12.2 Å². The van der Waals surface area contributed by atoms with Gasteiger partial charge in [0.05, 0.1) is 25.2 Å². The van der Waals surface area contributed by atoms with Crippen LogP contribution >= 0.6 is 0 Å². The van der Waals surface area contributed by atoms with Crippen molar-refractivity contribution in [2.45, 2.75) is 26.4 Å². The maximum atomic E-state index is 12.1. The van der Waals surface area contributed by atoms with Gasteiger partial charge in [0.1, 0.15) is 5.75 Å². The molecular weight excluding hydrogens is 318 g/mol. The van der Waals surface area contributed by atoms with E-state index in [1.807, 2.05) is 48.9 Å². The van der Waals surface area contributed by atoms with Crippen LogP contribution in [0.2, 0.25) is 0 Å². The summed E-state index contributed by atoms with van der Waals surface area (Å²) in [5.74, 6) is 0.761. The first-order chi connectivity index (χ1) is 12.1. The minimum absolute atomic E-state index is 0.231. The molecule has 0 aliphatic rings. The van der Waals surface area contributed by atoms with E-state index in [1.165, 1.54) is 0 Å². The summed E-state index contributed by atoms with van der Waals surface area (Å²) >= 11 is 0. The Kier molecular flexibility index (Phi) is 4.83. The summed E-state index contributed by atoms with van der Waals surface area (Å²) in [5, 5.41) is 10.8. The van der Waals surface area contributed by atoms with Crippen molar-refractivity contribution in [1.82, 2.24) is 20.1 Å². The Morgan fingerprint density at radius 1 is 1.28 bits per heavy atom. The molecule has 7 nitrogen and oxygen atoms in total. The first kappa shape index (κ1) is 16.8. The van der Waals surface area contributed by atoms with Crippen molar-refractivity contribution >= 4 is 22.8 Å². The van der Waals surface area contributed by atoms with Gasteiger partial charge in [0.15, 0.2) is 5.65 Å². The lowest BCUT2D eigenvalue weighted by atomic mass is 10.2. The Balaban J connectivity index is 1.63. The highest BCUT2D eigenvalue weighted by Crippen LogP contribution is 2.19. The molecule has 3 rings (SSSR count). The number of anilines is 1. The molecule has 0 aliphatic heterocycles. The zero-order valence-corrected chi connectivity index (χ0v) is 14.5. The molecule has 0 fully saturated rings. The molecule has 130 valence electrons. The van der Waals surface area contributed by atoms with E-state index in [2.05, 4.69) is 20.7 Å². The molecule has 0 spiro atoms. The molecule has 0 radical (unpaired) electrons. The highest BCUT2D eigenvalue weighted by Gasteiger charge is 2.09. The molecule has 2 aromatic heterocycles. The fraction of sp³-hybridized carbons (Fsp3) is 0.278. The summed E-state index contributed by atoms with van der Waals surface area (Å²) in [7, 11) is 1.61. The minimum atomic E-state index is -0.291. The van der Waals surface area contributed by atoms with E-state index in [9.17, 15) is 4.79 Å². The third-order valence-electron chi connectivity index (χ3n) is 3.77. The molecular formula is C18H21N5O2. The predicted octanol–water partition coefficient (Wildman–Crippen LogP) is 3.34. The smallest absolute Gasteiger partial charge is 0.319 e. The average Bonchev–Trinajstić information content (AvgIpc) is 3.03. The van der Waals surface area contributed by atoms with Gasteiger partial charge in [-0.05, 0) is 37.6 Å². The van der Waals surface area contributed by atoms with Gasteiger partial charge in [-0.3, -0.25) is 0 Å². The summed E-state index contributed by atoms with van der Waals surface area (Å²) in [5.41, 5.74) is 2.39. The van der Waals surface area contributed by atoms with Crippen LogP contribution in [-0.4, -0.2) is 27.9 Å². The second kappa shape index (κ2) is 7.21. The van der Waals surface area contributed by atoms with Crippen LogP contribution in [0.5, 0.6) is 5.75 Å². The molecule has 0 saturated heterocycles. The third-order valence-corrected chi connectivity index (χ3v) is 3.77. The second-order valence-electron chi connectivity index (χ2n) is 5.98. The number of hydrogen-bond acceptors (Lipinski definition) is 4. The molecule has 25 heavy (non-hydrogen) atoms. The van der Waals surface area contributed by atoms with Crippen molar-refractivity contribution in [1.29, 1.82) is 0 Å². The lowest BCUT2D eigenvalue weighted by Gasteiger charge is -2.09. The lowest BCUT2D eigenvalue weighted by molar-refractivity contribution is 0.251. The van der Waals surface area contributed by atoms with Crippen molar-refractivity contribution in [3.8, 4) is 5.75 Å². The lowest BCUT2D eigenvalue weighted by Crippen LogP contribution is -2.28. The molecule has 3 aromatic rings. The van der Waals surface area contributed by atoms with E-state index in [4.69, 9.17) is 4.74 Å². The number of carbonyl (C=O) groups is 1. The Bertz CT molecular complexity index is 888. The highest BCUT2D eigenvalue weighted by molar-refractivity contribution is 5.91. The summed E-state index contributed by atoms with van der Waals surface area (Å²) in [6.45, 7) is 4.50. The molecule has 0 saturated carbocycles. The highest BCUT2D eigenvalue weighted by atomic mass is 16.5. The number of hydrogen-bond donors (Lipinski definition) is 2. The Labute approximate surface area is 146 Å². The molecule has 2 amide bonds. The Morgan fingerprint density at radius 2 is 2.12 bits per heavy atom. The molecule has 0 unspecified atom stereocenters. The molecule has 0 atom stereocenters. The van der Waals surface area contributed by atoms with Crippen LogP contribution in [0.4, 0.5) is 10.5 Å². The molecule has 7 heteroatoms. The fourth-order valence-electron chi connectivity index (χ4n) is 2.53. The average molecular weight is 339 g/mol. The van der Waals surface area contributed by atoms with E-state index < -0.39 is 0 Å². The quantitative estimate of drug-likeness (QED) is 0.747. The van der Waals surface area contributed by atoms with E-state index >= 15 is 0 Å². The van der Waals surface area contributed by atoms with Gasteiger partial charge in [0.2, 0.25) is 0 Å². The topological polar surface area (TPSA) is 81.1 Å². The summed E-state index contributed by atoms with van der Waals surface area (Å²) in [4.78, 5) is 16.5. The van der Waals surface area contributed by atoms with Gasteiger partial charge in [0, 0.05) is 18.0 Å². The second-order valence-corrected chi connectivity index (χ2v) is 5.98. The van der Waals surface area contributed by atoms with Crippen LogP contribution < -0.4 is 15.4 Å². The summed E-state index contributed by atoms with van der Waals surface area (Å²) in [6.07, 6.45) is 3.38. The van der Waals surface area contributed by atoms with Gasteiger partial charge >= 0.3 is 6.03 Å². The Morgan fingerprint density at radius 3 is 2.88 bits per heavy atom. The molecule has 0 bridgehead atoms. The largest absolute Gasteiger partial charge is 0.497 e. The molecule has 2 heterocycles. The van der Waals surface area contributed by atoms with E-state index in [-0.39, 0.29) is 12.1 Å². The van der Waals surface area contributed by atoms with Crippen molar-refractivity contribution in [2.24, 2.45) is 0 Å². The molecule has 2 N–H and O–H groups in total. The first-order valence-corrected chi connectivity index (χ1v) is 8.08. The van der Waals surface area contributed by atoms with Gasteiger partial charge in [-0.25, -0.2) is 14.5 Å². The first-order valence-electron chi connectivity index (χ1n) is 8.08. The van der Waals surface area contributed by atoms with E-state index in [0.717, 1.165) is 22.3 Å². The zero-order chi connectivity index (χ0) is 17.8. The van der Waals surface area contributed by atoms with Crippen LogP contribution in [0.1, 0.15) is 25.5 Å². The van der Waals surface area contributed by atoms with Gasteiger partial charge in [-0.2, -0.15) is 5.10 Å². The standard InChI is InChI=1S/C18H21N5O2/c1-12(2)23-17-14(10-21-23)8-15(11-19-17)22-18(24)20-9-13-5-4-6-16(7-13)25-3/h4-8,10-12H,9H2,1-3H3,(H2,20,22,24). The van der Waals surface area contributed by atoms with Crippen molar-refractivity contribution < 1.29 is 9.53 Å². The zero-order valence-electron chi connectivity index (χ0n) is 14.5. The van der Waals surface area contributed by atoms with Crippen molar-refractivity contribution in [3.63, 3.8) is 0 Å². The number of pyridine rings is 1. The number of rotatable bonds is 5. The van der Waals surface area contributed by atoms with Crippen LogP contribution in [0.15, 0.2) is 42.7 Å². The number of ether oxygens (including phenoxy) is 1. The number of methoxy groups -OCH3 is 1. The van der Waals surface area contributed by atoms with Crippen LogP contribution in [0.3, 0.4) is 0 Å². The summed E-state index contributed by atoms with van der Waals surface area (Å²) < 4.78 is 7.02. The van der Waals surface area contributed by atoms with Gasteiger partial charge in [-0.1, -0.05) is 12.1 Å².